The SMILES string of the molecule is O=C(CSc1nnc2scc(-c3ccccc3)n12)N=C1NC(=O)CS1. The fraction of sp³-hybridized carbons (Fsp3) is 0.133. The number of aromatic nitrogens is 3. The molecular formula is C15H11N5O2S3. The van der Waals surface area contributed by atoms with Gasteiger partial charge in [0.05, 0.1) is 17.2 Å². The predicted octanol–water partition coefficient (Wildman–Crippen LogP) is 2.30. The van der Waals surface area contributed by atoms with Crippen molar-refractivity contribution in [1.82, 2.24) is 19.9 Å². The molecule has 0 aliphatic carbocycles. The van der Waals surface area contributed by atoms with Gasteiger partial charge in [-0.3, -0.25) is 14.0 Å². The van der Waals surface area contributed by atoms with Crippen molar-refractivity contribution >= 4 is 56.8 Å². The van der Waals surface area contributed by atoms with Crippen LogP contribution in [0.15, 0.2) is 45.9 Å². The number of amides is 2. The molecule has 3 heterocycles. The van der Waals surface area contributed by atoms with Gasteiger partial charge < -0.3 is 5.32 Å². The molecule has 1 aliphatic rings. The van der Waals surface area contributed by atoms with E-state index in [-0.39, 0.29) is 17.6 Å². The number of hydrogen-bond acceptors (Lipinski definition) is 7. The van der Waals surface area contributed by atoms with Crippen molar-refractivity contribution < 1.29 is 9.59 Å². The van der Waals surface area contributed by atoms with Crippen molar-refractivity contribution in [2.75, 3.05) is 11.5 Å². The Hall–Kier alpha value is -2.17. The fourth-order valence-electron chi connectivity index (χ4n) is 2.26. The Bertz CT molecular complexity index is 980. The first-order valence-electron chi connectivity index (χ1n) is 7.26. The number of nitrogens with zero attached hydrogens (tertiary/aromatic N) is 4. The third-order valence-corrected chi connectivity index (χ3v) is 5.93. The van der Waals surface area contributed by atoms with Crippen molar-refractivity contribution in [1.29, 1.82) is 0 Å². The molecule has 2 amide bonds. The lowest BCUT2D eigenvalue weighted by atomic mass is 10.2. The first-order valence-corrected chi connectivity index (χ1v) is 10.1. The van der Waals surface area contributed by atoms with Gasteiger partial charge in [0, 0.05) is 5.38 Å². The van der Waals surface area contributed by atoms with E-state index in [1.165, 1.54) is 34.9 Å². The van der Waals surface area contributed by atoms with Crippen molar-refractivity contribution in [3.05, 3.63) is 35.7 Å². The third kappa shape index (κ3) is 3.46. The van der Waals surface area contributed by atoms with Gasteiger partial charge in [-0.25, -0.2) is 0 Å². The number of hydrogen-bond donors (Lipinski definition) is 1. The van der Waals surface area contributed by atoms with Crippen LogP contribution in [0.25, 0.3) is 16.2 Å². The van der Waals surface area contributed by atoms with Crippen LogP contribution in [-0.4, -0.2) is 43.1 Å². The molecule has 1 N–H and O–H groups in total. The second-order valence-electron chi connectivity index (χ2n) is 5.02. The quantitative estimate of drug-likeness (QED) is 0.689. The molecule has 1 fully saturated rings. The van der Waals surface area contributed by atoms with Crippen LogP contribution in [0.3, 0.4) is 0 Å². The van der Waals surface area contributed by atoms with E-state index < -0.39 is 0 Å². The van der Waals surface area contributed by atoms with Gasteiger partial charge in [0.25, 0.3) is 5.91 Å². The minimum Gasteiger partial charge on any atom is -0.304 e. The Morgan fingerprint density at radius 3 is 2.92 bits per heavy atom. The molecule has 0 bridgehead atoms. The zero-order valence-electron chi connectivity index (χ0n) is 12.7. The Morgan fingerprint density at radius 1 is 1.32 bits per heavy atom. The molecule has 0 spiro atoms. The summed E-state index contributed by atoms with van der Waals surface area (Å²) >= 11 is 4.02. The highest BCUT2D eigenvalue weighted by atomic mass is 32.2. The molecule has 1 aliphatic heterocycles. The van der Waals surface area contributed by atoms with Crippen LogP contribution in [0.2, 0.25) is 0 Å². The summed E-state index contributed by atoms with van der Waals surface area (Å²) in [5, 5.41) is 13.9. The lowest BCUT2D eigenvalue weighted by Gasteiger charge is -2.02. The summed E-state index contributed by atoms with van der Waals surface area (Å²) in [6.45, 7) is 0. The molecule has 7 nitrogen and oxygen atoms in total. The number of thioether (sulfide) groups is 2. The first kappa shape index (κ1) is 16.3. The van der Waals surface area contributed by atoms with Gasteiger partial charge in [0.15, 0.2) is 10.3 Å². The molecule has 10 heteroatoms. The van der Waals surface area contributed by atoms with Crippen LogP contribution < -0.4 is 5.32 Å². The summed E-state index contributed by atoms with van der Waals surface area (Å²) < 4.78 is 1.94. The summed E-state index contributed by atoms with van der Waals surface area (Å²) in [6.07, 6.45) is 0. The van der Waals surface area contributed by atoms with Crippen LogP contribution in [-0.2, 0) is 9.59 Å². The van der Waals surface area contributed by atoms with E-state index in [0.717, 1.165) is 16.2 Å². The minimum absolute atomic E-state index is 0.130. The highest BCUT2D eigenvalue weighted by Gasteiger charge is 2.19. The summed E-state index contributed by atoms with van der Waals surface area (Å²) in [7, 11) is 0. The number of thiazole rings is 1. The van der Waals surface area contributed by atoms with Crippen molar-refractivity contribution in [2.45, 2.75) is 5.16 Å². The number of benzene rings is 1. The largest absolute Gasteiger partial charge is 0.304 e. The smallest absolute Gasteiger partial charge is 0.258 e. The van der Waals surface area contributed by atoms with Crippen LogP contribution in [0.5, 0.6) is 0 Å². The minimum atomic E-state index is -0.317. The van der Waals surface area contributed by atoms with Gasteiger partial charge in [-0.05, 0) is 5.56 Å². The number of carbonyl (C=O) groups excluding carboxylic acids is 2. The molecule has 0 unspecified atom stereocenters. The second kappa shape index (κ2) is 6.98. The number of fused-ring (bicyclic) bond motifs is 1. The monoisotopic (exact) mass is 389 g/mol. The highest BCUT2D eigenvalue weighted by molar-refractivity contribution is 8.15. The van der Waals surface area contributed by atoms with Gasteiger partial charge in [0.2, 0.25) is 10.9 Å². The van der Waals surface area contributed by atoms with E-state index >= 15 is 0 Å². The molecule has 126 valence electrons. The second-order valence-corrected chi connectivity index (χ2v) is 7.77. The molecule has 0 radical (unpaired) electrons. The van der Waals surface area contributed by atoms with Crippen molar-refractivity contribution in [2.24, 2.45) is 4.99 Å². The van der Waals surface area contributed by atoms with E-state index in [0.29, 0.717) is 16.1 Å². The fourth-order valence-corrected chi connectivity index (χ4v) is 4.57. The molecule has 4 rings (SSSR count). The molecule has 2 aromatic heterocycles. The molecule has 1 saturated heterocycles. The molecular weight excluding hydrogens is 378 g/mol. The van der Waals surface area contributed by atoms with Gasteiger partial charge in [-0.15, -0.1) is 21.5 Å². The first-order chi connectivity index (χ1) is 12.2. The average Bonchev–Trinajstić information content (AvgIpc) is 3.31. The summed E-state index contributed by atoms with van der Waals surface area (Å²) in [4.78, 5) is 27.8. The van der Waals surface area contributed by atoms with E-state index in [4.69, 9.17) is 0 Å². The number of amidine groups is 1. The zero-order valence-corrected chi connectivity index (χ0v) is 15.2. The number of rotatable bonds is 4. The zero-order chi connectivity index (χ0) is 17.2. The lowest BCUT2D eigenvalue weighted by Crippen LogP contribution is -2.21. The van der Waals surface area contributed by atoms with E-state index in [9.17, 15) is 9.59 Å². The molecule has 0 atom stereocenters. The molecule has 0 saturated carbocycles. The van der Waals surface area contributed by atoms with Crippen LogP contribution in [0.4, 0.5) is 0 Å². The van der Waals surface area contributed by atoms with Crippen molar-refractivity contribution in [3.8, 4) is 11.3 Å². The summed E-state index contributed by atoms with van der Waals surface area (Å²) in [5.74, 6) is -0.0124. The number of nitrogens with one attached hydrogen (secondary N) is 1. The third-order valence-electron chi connectivity index (χ3n) is 3.33. The number of aliphatic imine (C=N–C) groups is 1. The van der Waals surface area contributed by atoms with Crippen LogP contribution in [0, 0.1) is 0 Å². The Labute approximate surface area is 154 Å². The predicted molar refractivity (Wildman–Crippen MR) is 100 cm³/mol. The number of carbonyl (C=O) groups is 2. The summed E-state index contributed by atoms with van der Waals surface area (Å²) in [6, 6.07) is 9.96. The Kier molecular flexibility index (Phi) is 4.55. The van der Waals surface area contributed by atoms with Crippen LogP contribution >= 0.6 is 34.9 Å². The standard InChI is InChI=1S/C15H11N5O2S3/c21-11-7-23-13(16-11)17-12(22)8-25-15-19-18-14-20(15)10(6-24-14)9-4-2-1-3-5-9/h1-6H,7-8H2,(H,16,17,21,22). The topological polar surface area (TPSA) is 88.7 Å². The van der Waals surface area contributed by atoms with Gasteiger partial charge >= 0.3 is 0 Å². The highest BCUT2D eigenvalue weighted by Crippen LogP contribution is 2.29. The van der Waals surface area contributed by atoms with E-state index in [2.05, 4.69) is 20.5 Å². The molecule has 25 heavy (non-hydrogen) atoms. The van der Waals surface area contributed by atoms with E-state index in [1.807, 2.05) is 40.1 Å². The van der Waals surface area contributed by atoms with Crippen LogP contribution in [0.1, 0.15) is 0 Å². The lowest BCUT2D eigenvalue weighted by molar-refractivity contribution is -0.116. The van der Waals surface area contributed by atoms with Gasteiger partial charge in [0.1, 0.15) is 0 Å². The van der Waals surface area contributed by atoms with Gasteiger partial charge in [-0.2, -0.15) is 4.99 Å². The summed E-state index contributed by atoms with van der Waals surface area (Å²) in [5.41, 5.74) is 2.05. The Morgan fingerprint density at radius 2 is 2.16 bits per heavy atom. The molecule has 3 aromatic rings. The van der Waals surface area contributed by atoms with Gasteiger partial charge in [-0.1, -0.05) is 53.9 Å². The maximum absolute atomic E-state index is 12.0. The molecule has 1 aromatic carbocycles. The maximum Gasteiger partial charge on any atom is 0.258 e. The Balaban J connectivity index is 1.53. The average molecular weight is 389 g/mol. The van der Waals surface area contributed by atoms with Crippen molar-refractivity contribution in [3.63, 3.8) is 0 Å². The maximum atomic E-state index is 12.0. The van der Waals surface area contributed by atoms with E-state index in [1.54, 1.807) is 0 Å². The normalized spacial score (nSPS) is 15.8.